The molecule has 0 N–H and O–H groups in total. The van der Waals surface area contributed by atoms with E-state index in [0.717, 1.165) is 28.2 Å². The fourth-order valence-corrected chi connectivity index (χ4v) is 4.32. The van der Waals surface area contributed by atoms with Crippen LogP contribution in [0.1, 0.15) is 21.7 Å². The molecule has 0 saturated carbocycles. The lowest BCUT2D eigenvalue weighted by Gasteiger charge is -2.11. The van der Waals surface area contributed by atoms with E-state index >= 15 is 0 Å². The zero-order chi connectivity index (χ0) is 21.2. The molecule has 0 aliphatic carbocycles. The Kier molecular flexibility index (Phi) is 6.19. The summed E-state index contributed by atoms with van der Waals surface area (Å²) in [4.78, 5) is 14.1. The van der Waals surface area contributed by atoms with E-state index in [9.17, 15) is 13.2 Å². The van der Waals surface area contributed by atoms with Crippen molar-refractivity contribution in [3.8, 4) is 11.4 Å². The van der Waals surface area contributed by atoms with Gasteiger partial charge in [0, 0.05) is 33.8 Å². The van der Waals surface area contributed by atoms with Crippen molar-refractivity contribution < 1.29 is 17.9 Å². The molecule has 29 heavy (non-hydrogen) atoms. The Balaban J connectivity index is 1.82. The van der Waals surface area contributed by atoms with E-state index < -0.39 is 9.84 Å². The summed E-state index contributed by atoms with van der Waals surface area (Å²) in [5, 5.41) is 0. The first-order valence-corrected chi connectivity index (χ1v) is 12.1. The standard InChI is InChI=1S/C22H23NO4S2/c1-15-11-21(16(2)23(15)17-7-5-9-19(12-17)28-3)22(24)14-27-18-8-6-10-20(13-18)29(4,25)26/h5-13H,14H2,1-4H3. The summed E-state index contributed by atoms with van der Waals surface area (Å²) in [7, 11) is -3.33. The minimum absolute atomic E-state index is 0.157. The van der Waals surface area contributed by atoms with E-state index in [0.29, 0.717) is 11.3 Å². The third-order valence-electron chi connectivity index (χ3n) is 4.65. The Morgan fingerprint density at radius 3 is 2.48 bits per heavy atom. The molecule has 0 amide bonds. The lowest BCUT2D eigenvalue weighted by Crippen LogP contribution is -2.13. The second-order valence-corrected chi connectivity index (χ2v) is 9.68. The van der Waals surface area contributed by atoms with E-state index in [2.05, 4.69) is 10.6 Å². The molecule has 0 aliphatic rings. The van der Waals surface area contributed by atoms with E-state index in [-0.39, 0.29) is 17.3 Å². The second-order valence-electron chi connectivity index (χ2n) is 6.78. The monoisotopic (exact) mass is 429 g/mol. The van der Waals surface area contributed by atoms with Gasteiger partial charge in [-0.2, -0.15) is 0 Å². The highest BCUT2D eigenvalue weighted by atomic mass is 32.2. The number of benzene rings is 2. The van der Waals surface area contributed by atoms with Crippen molar-refractivity contribution in [1.29, 1.82) is 0 Å². The number of hydrogen-bond donors (Lipinski definition) is 0. The third-order valence-corrected chi connectivity index (χ3v) is 6.48. The van der Waals surface area contributed by atoms with Gasteiger partial charge >= 0.3 is 0 Å². The number of carbonyl (C=O) groups is 1. The number of ether oxygens (including phenoxy) is 1. The average Bonchev–Trinajstić information content (AvgIpc) is 3.00. The fourth-order valence-electron chi connectivity index (χ4n) is 3.21. The molecule has 0 aliphatic heterocycles. The highest BCUT2D eigenvalue weighted by molar-refractivity contribution is 7.98. The van der Waals surface area contributed by atoms with Crippen LogP contribution in [0.2, 0.25) is 0 Å². The summed E-state index contributed by atoms with van der Waals surface area (Å²) in [5.41, 5.74) is 3.41. The Morgan fingerprint density at radius 2 is 1.79 bits per heavy atom. The van der Waals surface area contributed by atoms with Crippen LogP contribution in [-0.2, 0) is 9.84 Å². The summed E-state index contributed by atoms with van der Waals surface area (Å²) < 4.78 is 31.0. The molecule has 2 aromatic carbocycles. The maximum atomic E-state index is 12.8. The smallest absolute Gasteiger partial charge is 0.202 e. The number of hydrogen-bond acceptors (Lipinski definition) is 5. The molecular weight excluding hydrogens is 406 g/mol. The van der Waals surface area contributed by atoms with Crippen molar-refractivity contribution in [2.75, 3.05) is 19.1 Å². The van der Waals surface area contributed by atoms with Gasteiger partial charge in [0.25, 0.3) is 0 Å². The van der Waals surface area contributed by atoms with Crippen LogP contribution in [0.25, 0.3) is 5.69 Å². The maximum Gasteiger partial charge on any atom is 0.202 e. The van der Waals surface area contributed by atoms with E-state index in [1.54, 1.807) is 23.9 Å². The maximum absolute atomic E-state index is 12.8. The highest BCUT2D eigenvalue weighted by Gasteiger charge is 2.18. The molecule has 152 valence electrons. The third kappa shape index (κ3) is 4.74. The van der Waals surface area contributed by atoms with Crippen molar-refractivity contribution in [1.82, 2.24) is 4.57 Å². The second kappa shape index (κ2) is 8.47. The van der Waals surface area contributed by atoms with E-state index in [4.69, 9.17) is 4.74 Å². The number of aromatic nitrogens is 1. The number of nitrogens with zero attached hydrogens (tertiary/aromatic N) is 1. The van der Waals surface area contributed by atoms with Gasteiger partial charge in [-0.3, -0.25) is 4.79 Å². The van der Waals surface area contributed by atoms with Gasteiger partial charge in [0.2, 0.25) is 5.78 Å². The van der Waals surface area contributed by atoms with Crippen LogP contribution in [0.3, 0.4) is 0 Å². The first-order valence-electron chi connectivity index (χ1n) is 9.00. The van der Waals surface area contributed by atoms with Crippen molar-refractivity contribution in [3.05, 3.63) is 71.5 Å². The fraction of sp³-hybridized carbons (Fsp3) is 0.227. The van der Waals surface area contributed by atoms with Gasteiger partial charge in [-0.05, 0) is 62.6 Å². The normalized spacial score (nSPS) is 11.4. The molecule has 3 rings (SSSR count). The first kappa shape index (κ1) is 21.2. The van der Waals surface area contributed by atoms with Crippen LogP contribution < -0.4 is 4.74 Å². The van der Waals surface area contributed by atoms with Crippen LogP contribution in [0.4, 0.5) is 0 Å². The number of sulfone groups is 1. The molecule has 0 bridgehead atoms. The van der Waals surface area contributed by atoms with Gasteiger partial charge in [-0.1, -0.05) is 12.1 Å². The van der Waals surface area contributed by atoms with E-state index in [1.165, 1.54) is 12.1 Å². The SMILES string of the molecule is CSc1cccc(-n2c(C)cc(C(=O)COc3cccc(S(C)(=O)=O)c3)c2C)c1. The Labute approximate surface area is 175 Å². The molecule has 0 saturated heterocycles. The zero-order valence-electron chi connectivity index (χ0n) is 16.8. The summed E-state index contributed by atoms with van der Waals surface area (Å²) in [6.45, 7) is 3.71. The number of ketones is 1. The van der Waals surface area contributed by atoms with Gasteiger partial charge in [0.1, 0.15) is 5.75 Å². The summed E-state index contributed by atoms with van der Waals surface area (Å²) in [6, 6.07) is 16.2. The topological polar surface area (TPSA) is 65.4 Å². The number of aryl methyl sites for hydroxylation is 1. The number of carbonyl (C=O) groups excluding carboxylic acids is 1. The Morgan fingerprint density at radius 1 is 1.07 bits per heavy atom. The first-order chi connectivity index (χ1) is 13.7. The molecule has 7 heteroatoms. The predicted molar refractivity (Wildman–Crippen MR) is 116 cm³/mol. The molecule has 0 atom stereocenters. The van der Waals surface area contributed by atoms with Gasteiger partial charge < -0.3 is 9.30 Å². The molecule has 0 spiro atoms. The number of Topliss-reactive ketones (excluding diaryl/α,β-unsaturated/α-hetero) is 1. The Hall–Kier alpha value is -2.51. The lowest BCUT2D eigenvalue weighted by molar-refractivity contribution is 0.0921. The van der Waals surface area contributed by atoms with Crippen LogP contribution in [0.5, 0.6) is 5.75 Å². The van der Waals surface area contributed by atoms with Crippen LogP contribution in [-0.4, -0.2) is 37.9 Å². The number of rotatable bonds is 7. The van der Waals surface area contributed by atoms with Crippen LogP contribution in [0, 0.1) is 13.8 Å². The van der Waals surface area contributed by atoms with Crippen molar-refractivity contribution in [2.45, 2.75) is 23.6 Å². The lowest BCUT2D eigenvalue weighted by atomic mass is 10.1. The highest BCUT2D eigenvalue weighted by Crippen LogP contribution is 2.25. The molecule has 0 fully saturated rings. The number of thioether (sulfide) groups is 1. The van der Waals surface area contributed by atoms with Crippen molar-refractivity contribution >= 4 is 27.4 Å². The Bertz CT molecular complexity index is 1160. The molecular formula is C22H23NO4S2. The average molecular weight is 430 g/mol. The van der Waals surface area contributed by atoms with Crippen molar-refractivity contribution in [2.24, 2.45) is 0 Å². The minimum Gasteiger partial charge on any atom is -0.485 e. The quantitative estimate of drug-likeness (QED) is 0.409. The van der Waals surface area contributed by atoms with Gasteiger partial charge in [-0.15, -0.1) is 11.8 Å². The molecule has 1 heterocycles. The van der Waals surface area contributed by atoms with E-state index in [1.807, 2.05) is 44.4 Å². The summed E-state index contributed by atoms with van der Waals surface area (Å²) in [5.74, 6) is 0.192. The molecule has 0 radical (unpaired) electrons. The van der Waals surface area contributed by atoms with Crippen molar-refractivity contribution in [3.63, 3.8) is 0 Å². The summed E-state index contributed by atoms with van der Waals surface area (Å²) in [6.07, 6.45) is 3.16. The minimum atomic E-state index is -3.33. The largest absolute Gasteiger partial charge is 0.485 e. The summed E-state index contributed by atoms with van der Waals surface area (Å²) >= 11 is 1.67. The van der Waals surface area contributed by atoms with Crippen LogP contribution in [0.15, 0.2) is 64.4 Å². The molecule has 3 aromatic rings. The molecule has 1 aromatic heterocycles. The van der Waals surface area contributed by atoms with Crippen LogP contribution >= 0.6 is 11.8 Å². The van der Waals surface area contributed by atoms with Gasteiger partial charge in [-0.25, -0.2) is 8.42 Å². The van der Waals surface area contributed by atoms with Gasteiger partial charge in [0.05, 0.1) is 4.90 Å². The predicted octanol–water partition coefficient (Wildman–Crippen LogP) is 4.48. The van der Waals surface area contributed by atoms with Gasteiger partial charge in [0.15, 0.2) is 16.4 Å². The zero-order valence-corrected chi connectivity index (χ0v) is 18.4. The molecule has 5 nitrogen and oxygen atoms in total. The molecule has 0 unspecified atom stereocenters.